The van der Waals surface area contributed by atoms with Gasteiger partial charge in [0.05, 0.1) is 7.11 Å². The summed E-state index contributed by atoms with van der Waals surface area (Å²) < 4.78 is 4.84. The molecule has 152 valence electrons. The van der Waals surface area contributed by atoms with Crippen molar-refractivity contribution in [2.75, 3.05) is 13.7 Å². The van der Waals surface area contributed by atoms with E-state index in [1.165, 1.54) is 12.0 Å². The van der Waals surface area contributed by atoms with E-state index in [0.717, 1.165) is 17.5 Å². The van der Waals surface area contributed by atoms with Crippen LogP contribution in [0.5, 0.6) is 0 Å². The Bertz CT molecular complexity index is 867. The summed E-state index contributed by atoms with van der Waals surface area (Å²) in [6.45, 7) is 2.40. The maximum atomic E-state index is 13.3. The van der Waals surface area contributed by atoms with Crippen LogP contribution in [0, 0.1) is 6.92 Å². The van der Waals surface area contributed by atoms with E-state index in [9.17, 15) is 14.4 Å². The van der Waals surface area contributed by atoms with E-state index in [-0.39, 0.29) is 18.2 Å². The first-order chi connectivity index (χ1) is 14.0. The number of carbonyl (C=O) groups excluding carboxylic acids is 3. The van der Waals surface area contributed by atoms with E-state index in [1.54, 1.807) is 30.6 Å². The number of aromatic nitrogens is 1. The van der Waals surface area contributed by atoms with E-state index in [2.05, 4.69) is 10.3 Å². The average molecular weight is 395 g/mol. The number of carbonyl (C=O) groups is 3. The van der Waals surface area contributed by atoms with Gasteiger partial charge >= 0.3 is 5.97 Å². The Hall–Kier alpha value is -3.22. The van der Waals surface area contributed by atoms with Crippen molar-refractivity contribution in [1.29, 1.82) is 0 Å². The molecule has 0 radical (unpaired) electrons. The Morgan fingerprint density at radius 3 is 2.66 bits per heavy atom. The number of hydrogen-bond donors (Lipinski definition) is 1. The Morgan fingerprint density at radius 2 is 2.00 bits per heavy atom. The molecule has 29 heavy (non-hydrogen) atoms. The topological polar surface area (TPSA) is 88.6 Å². The quantitative estimate of drug-likeness (QED) is 0.755. The third-order valence-corrected chi connectivity index (χ3v) is 5.09. The Kier molecular flexibility index (Phi) is 6.59. The molecule has 2 heterocycles. The summed E-state index contributed by atoms with van der Waals surface area (Å²) in [5.41, 5.74) is 2.34. The number of esters is 1. The number of benzene rings is 1. The summed E-state index contributed by atoms with van der Waals surface area (Å²) in [6.07, 6.45) is 4.88. The highest BCUT2D eigenvalue weighted by Crippen LogP contribution is 2.20. The molecule has 0 unspecified atom stereocenters. The number of amides is 2. The molecule has 3 rings (SSSR count). The maximum Gasteiger partial charge on any atom is 0.328 e. The van der Waals surface area contributed by atoms with Gasteiger partial charge in [-0.1, -0.05) is 23.8 Å². The molecule has 1 aliphatic heterocycles. The predicted molar refractivity (Wildman–Crippen MR) is 107 cm³/mol. The lowest BCUT2D eigenvalue weighted by molar-refractivity contribution is -0.151. The molecule has 2 aromatic rings. The molecule has 7 heteroatoms. The molecular formula is C22H25N3O4. The number of pyridine rings is 1. The van der Waals surface area contributed by atoms with Gasteiger partial charge in [0.1, 0.15) is 12.1 Å². The molecule has 1 saturated heterocycles. The predicted octanol–water partition coefficient (Wildman–Crippen LogP) is 1.90. The van der Waals surface area contributed by atoms with Crippen LogP contribution >= 0.6 is 0 Å². The van der Waals surface area contributed by atoms with E-state index in [4.69, 9.17) is 4.74 Å². The lowest BCUT2D eigenvalue weighted by atomic mass is 10.0. The van der Waals surface area contributed by atoms with E-state index in [1.807, 2.05) is 25.1 Å². The zero-order valence-electron chi connectivity index (χ0n) is 16.6. The summed E-state index contributed by atoms with van der Waals surface area (Å²) in [6, 6.07) is 9.37. The first-order valence-corrected chi connectivity index (χ1v) is 9.64. The standard InChI is InChI=1S/C22H25N3O4/c1-15-7-9-17(10-8-15)20(26)24-18(13-16-5-3-11-23-14-16)21(27)25-12-4-6-19(25)22(28)29-2/h3,5,7-11,14,18-19H,4,6,12-13H2,1-2H3,(H,24,26)/t18-,19-/m0/s1. The van der Waals surface area contributed by atoms with Gasteiger partial charge in [-0.25, -0.2) is 4.79 Å². The van der Waals surface area contributed by atoms with Crippen molar-refractivity contribution in [3.05, 3.63) is 65.5 Å². The van der Waals surface area contributed by atoms with Crippen LogP contribution < -0.4 is 5.32 Å². The molecule has 1 N–H and O–H groups in total. The van der Waals surface area contributed by atoms with Crippen LogP contribution in [-0.2, 0) is 20.7 Å². The largest absolute Gasteiger partial charge is 0.467 e. The normalized spacial score (nSPS) is 16.9. The third-order valence-electron chi connectivity index (χ3n) is 5.09. The minimum atomic E-state index is -0.807. The highest BCUT2D eigenvalue weighted by molar-refractivity contribution is 5.98. The molecule has 0 spiro atoms. The zero-order chi connectivity index (χ0) is 20.8. The second kappa shape index (κ2) is 9.32. The van der Waals surface area contributed by atoms with Gasteiger partial charge in [0.15, 0.2) is 0 Å². The summed E-state index contributed by atoms with van der Waals surface area (Å²) in [7, 11) is 1.32. The number of nitrogens with zero attached hydrogens (tertiary/aromatic N) is 2. The monoisotopic (exact) mass is 395 g/mol. The van der Waals surface area contributed by atoms with Crippen LogP contribution in [0.25, 0.3) is 0 Å². The molecule has 7 nitrogen and oxygen atoms in total. The summed E-state index contributed by atoms with van der Waals surface area (Å²) in [4.78, 5) is 43.7. The molecule has 1 fully saturated rings. The van der Waals surface area contributed by atoms with Crippen molar-refractivity contribution in [2.24, 2.45) is 0 Å². The van der Waals surface area contributed by atoms with Crippen molar-refractivity contribution < 1.29 is 19.1 Å². The van der Waals surface area contributed by atoms with Gasteiger partial charge in [-0.3, -0.25) is 14.6 Å². The minimum absolute atomic E-state index is 0.286. The number of methoxy groups -OCH3 is 1. The second-order valence-corrected chi connectivity index (χ2v) is 7.17. The molecule has 0 aliphatic carbocycles. The van der Waals surface area contributed by atoms with Crippen LogP contribution in [-0.4, -0.2) is 53.4 Å². The van der Waals surface area contributed by atoms with Crippen molar-refractivity contribution in [3.8, 4) is 0 Å². The van der Waals surface area contributed by atoms with Gasteiger partial charge < -0.3 is 15.0 Å². The van der Waals surface area contributed by atoms with Crippen LogP contribution in [0.3, 0.4) is 0 Å². The molecule has 1 aromatic heterocycles. The third kappa shape index (κ3) is 4.99. The van der Waals surface area contributed by atoms with Gasteiger partial charge in [0.25, 0.3) is 5.91 Å². The van der Waals surface area contributed by atoms with Crippen LogP contribution in [0.15, 0.2) is 48.8 Å². The van der Waals surface area contributed by atoms with Gasteiger partial charge in [-0.15, -0.1) is 0 Å². The number of aryl methyl sites for hydroxylation is 1. The number of nitrogens with one attached hydrogen (secondary N) is 1. The van der Waals surface area contributed by atoms with Crippen molar-refractivity contribution in [1.82, 2.24) is 15.2 Å². The van der Waals surface area contributed by atoms with Crippen molar-refractivity contribution in [3.63, 3.8) is 0 Å². The van der Waals surface area contributed by atoms with E-state index in [0.29, 0.717) is 18.5 Å². The summed E-state index contributed by atoms with van der Waals surface area (Å²) >= 11 is 0. The fraction of sp³-hybridized carbons (Fsp3) is 0.364. The molecule has 1 aromatic carbocycles. The molecular weight excluding hydrogens is 370 g/mol. The summed E-state index contributed by atoms with van der Waals surface area (Å²) in [5.74, 6) is -1.05. The van der Waals surface area contributed by atoms with E-state index >= 15 is 0 Å². The lowest BCUT2D eigenvalue weighted by Gasteiger charge is -2.28. The Labute approximate surface area is 170 Å². The molecule has 2 atom stereocenters. The van der Waals surface area contributed by atoms with Gasteiger partial charge in [0, 0.05) is 30.9 Å². The van der Waals surface area contributed by atoms with Crippen LogP contribution in [0.2, 0.25) is 0 Å². The zero-order valence-corrected chi connectivity index (χ0v) is 16.6. The minimum Gasteiger partial charge on any atom is -0.467 e. The molecule has 0 saturated carbocycles. The highest BCUT2D eigenvalue weighted by atomic mass is 16.5. The van der Waals surface area contributed by atoms with Crippen molar-refractivity contribution in [2.45, 2.75) is 38.3 Å². The summed E-state index contributed by atoms with van der Waals surface area (Å²) in [5, 5.41) is 2.85. The first-order valence-electron chi connectivity index (χ1n) is 9.64. The Morgan fingerprint density at radius 1 is 1.24 bits per heavy atom. The highest BCUT2D eigenvalue weighted by Gasteiger charge is 2.38. The number of likely N-dealkylation sites (tertiary alicyclic amines) is 1. The van der Waals surface area contributed by atoms with Crippen LogP contribution in [0.4, 0.5) is 0 Å². The first kappa shape index (κ1) is 20.5. The number of rotatable bonds is 6. The molecule has 0 bridgehead atoms. The van der Waals surface area contributed by atoms with Gasteiger partial charge in [-0.2, -0.15) is 0 Å². The SMILES string of the molecule is COC(=O)[C@@H]1CCCN1C(=O)[C@H](Cc1cccnc1)NC(=O)c1ccc(C)cc1. The number of hydrogen-bond acceptors (Lipinski definition) is 5. The van der Waals surface area contributed by atoms with E-state index < -0.39 is 18.1 Å². The van der Waals surface area contributed by atoms with Crippen molar-refractivity contribution >= 4 is 17.8 Å². The van der Waals surface area contributed by atoms with Gasteiger partial charge in [-0.05, 0) is 43.5 Å². The fourth-order valence-corrected chi connectivity index (χ4v) is 3.51. The second-order valence-electron chi connectivity index (χ2n) is 7.17. The maximum absolute atomic E-state index is 13.3. The number of ether oxygens (including phenoxy) is 1. The average Bonchev–Trinajstić information content (AvgIpc) is 3.23. The molecule has 1 aliphatic rings. The lowest BCUT2D eigenvalue weighted by Crippen LogP contribution is -2.52. The smallest absolute Gasteiger partial charge is 0.328 e. The van der Waals surface area contributed by atoms with Crippen LogP contribution in [0.1, 0.15) is 34.3 Å². The Balaban J connectivity index is 1.82. The fourth-order valence-electron chi connectivity index (χ4n) is 3.51. The molecule has 2 amide bonds. The van der Waals surface area contributed by atoms with Gasteiger partial charge in [0.2, 0.25) is 5.91 Å².